The van der Waals surface area contributed by atoms with Crippen LogP contribution in [0.2, 0.25) is 0 Å². The van der Waals surface area contributed by atoms with E-state index in [1.54, 1.807) is 41.1 Å². The second-order valence-electron chi connectivity index (χ2n) is 7.27. The van der Waals surface area contributed by atoms with Crippen LogP contribution in [0.1, 0.15) is 34.9 Å². The summed E-state index contributed by atoms with van der Waals surface area (Å²) < 4.78 is 15.1. The van der Waals surface area contributed by atoms with E-state index < -0.39 is 0 Å². The third kappa shape index (κ3) is 4.33. The standard InChI is InChI=1S/C23H24FN3S2/c1-4-5-16-9-21(28-12-16)20-11-22(27-13-26-20)25-7-6-18-15(3)29-23-14(2)8-17(24)10-19(18)23/h8-13H,4-7H2,1-3H3,(H,25,26,27). The molecular formula is C23H24FN3S2. The lowest BCUT2D eigenvalue weighted by Crippen LogP contribution is -2.07. The maximum Gasteiger partial charge on any atom is 0.129 e. The average Bonchev–Trinajstić information content (AvgIpc) is 3.28. The van der Waals surface area contributed by atoms with Gasteiger partial charge < -0.3 is 5.32 Å². The van der Waals surface area contributed by atoms with Crippen LogP contribution < -0.4 is 5.32 Å². The summed E-state index contributed by atoms with van der Waals surface area (Å²) in [6.45, 7) is 7.02. The van der Waals surface area contributed by atoms with E-state index in [1.807, 2.05) is 13.0 Å². The number of rotatable bonds is 7. The van der Waals surface area contributed by atoms with E-state index in [0.717, 1.165) is 48.3 Å². The Morgan fingerprint density at radius 2 is 1.93 bits per heavy atom. The van der Waals surface area contributed by atoms with Gasteiger partial charge in [0.05, 0.1) is 10.6 Å². The predicted octanol–water partition coefficient (Wildman–Crippen LogP) is 6.78. The van der Waals surface area contributed by atoms with E-state index in [9.17, 15) is 4.39 Å². The number of hydrogen-bond donors (Lipinski definition) is 1. The van der Waals surface area contributed by atoms with E-state index in [1.165, 1.54) is 25.6 Å². The summed E-state index contributed by atoms with van der Waals surface area (Å²) in [6.07, 6.45) is 4.68. The fourth-order valence-electron chi connectivity index (χ4n) is 3.64. The van der Waals surface area contributed by atoms with E-state index in [2.05, 4.69) is 40.6 Å². The minimum atomic E-state index is -0.166. The molecule has 0 radical (unpaired) electrons. The predicted molar refractivity (Wildman–Crippen MR) is 123 cm³/mol. The highest BCUT2D eigenvalue weighted by Gasteiger charge is 2.12. The molecule has 1 N–H and O–H groups in total. The Kier molecular flexibility index (Phi) is 5.92. The molecule has 3 nitrogen and oxygen atoms in total. The molecular weight excluding hydrogens is 401 g/mol. The summed E-state index contributed by atoms with van der Waals surface area (Å²) >= 11 is 3.47. The van der Waals surface area contributed by atoms with Crippen LogP contribution in [0.3, 0.4) is 0 Å². The van der Waals surface area contributed by atoms with Crippen molar-refractivity contribution >= 4 is 38.6 Å². The van der Waals surface area contributed by atoms with Crippen molar-refractivity contribution in [3.8, 4) is 10.6 Å². The average molecular weight is 426 g/mol. The maximum absolute atomic E-state index is 13.9. The van der Waals surface area contributed by atoms with Crippen molar-refractivity contribution < 1.29 is 4.39 Å². The summed E-state index contributed by atoms with van der Waals surface area (Å²) in [5, 5.41) is 6.66. The number of hydrogen-bond acceptors (Lipinski definition) is 5. The van der Waals surface area contributed by atoms with Gasteiger partial charge in [0.2, 0.25) is 0 Å². The van der Waals surface area contributed by atoms with E-state index >= 15 is 0 Å². The minimum Gasteiger partial charge on any atom is -0.370 e. The zero-order valence-corrected chi connectivity index (χ0v) is 18.5. The number of thiophene rings is 2. The van der Waals surface area contributed by atoms with Crippen LogP contribution in [0.15, 0.2) is 36.0 Å². The van der Waals surface area contributed by atoms with Gasteiger partial charge in [0, 0.05) is 22.2 Å². The van der Waals surface area contributed by atoms with Gasteiger partial charge in [0.25, 0.3) is 0 Å². The number of aryl methyl sites for hydroxylation is 3. The van der Waals surface area contributed by atoms with Gasteiger partial charge in [-0.3, -0.25) is 0 Å². The highest BCUT2D eigenvalue weighted by atomic mass is 32.1. The molecule has 0 fully saturated rings. The first-order valence-electron chi connectivity index (χ1n) is 9.87. The third-order valence-electron chi connectivity index (χ3n) is 5.04. The molecule has 3 heterocycles. The molecule has 4 aromatic rings. The molecule has 0 aliphatic carbocycles. The first kappa shape index (κ1) is 20.0. The Labute approximate surface area is 178 Å². The molecule has 3 aromatic heterocycles. The van der Waals surface area contributed by atoms with Crippen LogP contribution in [0, 0.1) is 19.7 Å². The van der Waals surface area contributed by atoms with Crippen molar-refractivity contribution in [2.45, 2.75) is 40.0 Å². The lowest BCUT2D eigenvalue weighted by atomic mass is 10.1. The summed E-state index contributed by atoms with van der Waals surface area (Å²) in [7, 11) is 0. The molecule has 0 atom stereocenters. The molecule has 1 aromatic carbocycles. The molecule has 0 spiro atoms. The van der Waals surface area contributed by atoms with Gasteiger partial charge in [-0.2, -0.15) is 0 Å². The van der Waals surface area contributed by atoms with E-state index in [0.29, 0.717) is 0 Å². The number of nitrogens with one attached hydrogen (secondary N) is 1. The molecule has 29 heavy (non-hydrogen) atoms. The molecule has 6 heteroatoms. The second kappa shape index (κ2) is 8.59. The quantitative estimate of drug-likeness (QED) is 0.354. The number of benzene rings is 1. The Bertz CT molecular complexity index is 1150. The summed E-state index contributed by atoms with van der Waals surface area (Å²) in [5.41, 5.74) is 4.54. The van der Waals surface area contributed by atoms with Crippen LogP contribution in [0.4, 0.5) is 10.2 Å². The first-order chi connectivity index (χ1) is 14.0. The molecule has 0 bridgehead atoms. The Morgan fingerprint density at radius 1 is 1.07 bits per heavy atom. The van der Waals surface area contributed by atoms with Crippen molar-refractivity contribution in [3.63, 3.8) is 0 Å². The monoisotopic (exact) mass is 425 g/mol. The van der Waals surface area contributed by atoms with Gasteiger partial charge in [-0.05, 0) is 72.3 Å². The number of anilines is 1. The number of fused-ring (bicyclic) bond motifs is 1. The fraction of sp³-hybridized carbons (Fsp3) is 0.304. The lowest BCUT2D eigenvalue weighted by molar-refractivity contribution is 0.628. The SMILES string of the molecule is CCCc1csc(-c2cc(NCCc3c(C)sc4c(C)cc(F)cc34)ncn2)c1. The Hall–Kier alpha value is -2.31. The van der Waals surface area contributed by atoms with Crippen LogP contribution in [0.5, 0.6) is 0 Å². The van der Waals surface area contributed by atoms with Gasteiger partial charge in [-0.25, -0.2) is 14.4 Å². The number of aromatic nitrogens is 2. The molecule has 150 valence electrons. The summed E-state index contributed by atoms with van der Waals surface area (Å²) in [5.74, 6) is 0.654. The van der Waals surface area contributed by atoms with Crippen molar-refractivity contribution in [2.75, 3.05) is 11.9 Å². The zero-order chi connectivity index (χ0) is 20.4. The molecule has 0 unspecified atom stereocenters. The molecule has 0 amide bonds. The molecule has 0 aliphatic rings. The smallest absolute Gasteiger partial charge is 0.129 e. The maximum atomic E-state index is 13.9. The summed E-state index contributed by atoms with van der Waals surface area (Å²) in [6, 6.07) is 7.50. The van der Waals surface area contributed by atoms with Gasteiger partial charge in [0.15, 0.2) is 0 Å². The Balaban J connectivity index is 1.48. The van der Waals surface area contributed by atoms with Crippen molar-refractivity contribution in [2.24, 2.45) is 0 Å². The fourth-order valence-corrected chi connectivity index (χ4v) is 5.71. The number of nitrogens with zero attached hydrogens (tertiary/aromatic N) is 2. The van der Waals surface area contributed by atoms with Gasteiger partial charge >= 0.3 is 0 Å². The van der Waals surface area contributed by atoms with Crippen molar-refractivity contribution in [1.29, 1.82) is 0 Å². The van der Waals surface area contributed by atoms with Crippen LogP contribution in [-0.4, -0.2) is 16.5 Å². The largest absolute Gasteiger partial charge is 0.370 e. The highest BCUT2D eigenvalue weighted by molar-refractivity contribution is 7.19. The minimum absolute atomic E-state index is 0.166. The molecule has 0 saturated heterocycles. The van der Waals surface area contributed by atoms with Crippen molar-refractivity contribution in [3.05, 3.63) is 63.4 Å². The summed E-state index contributed by atoms with van der Waals surface area (Å²) in [4.78, 5) is 11.2. The van der Waals surface area contributed by atoms with E-state index in [4.69, 9.17) is 0 Å². The highest BCUT2D eigenvalue weighted by Crippen LogP contribution is 2.34. The van der Waals surface area contributed by atoms with Crippen molar-refractivity contribution in [1.82, 2.24) is 9.97 Å². The normalized spacial score (nSPS) is 11.3. The van der Waals surface area contributed by atoms with Gasteiger partial charge in [0.1, 0.15) is 18.0 Å². The van der Waals surface area contributed by atoms with Crippen LogP contribution in [0.25, 0.3) is 20.7 Å². The number of halogens is 1. The molecule has 4 rings (SSSR count). The van der Waals surface area contributed by atoms with E-state index in [-0.39, 0.29) is 5.82 Å². The Morgan fingerprint density at radius 3 is 2.76 bits per heavy atom. The third-order valence-corrected chi connectivity index (χ3v) is 7.34. The molecule has 0 aliphatic heterocycles. The van der Waals surface area contributed by atoms with Crippen LogP contribution >= 0.6 is 22.7 Å². The topological polar surface area (TPSA) is 37.8 Å². The second-order valence-corrected chi connectivity index (χ2v) is 9.41. The lowest BCUT2D eigenvalue weighted by Gasteiger charge is -2.07. The van der Waals surface area contributed by atoms with Crippen LogP contribution in [-0.2, 0) is 12.8 Å². The molecule has 0 saturated carbocycles. The van der Waals surface area contributed by atoms with Gasteiger partial charge in [-0.1, -0.05) is 13.3 Å². The van der Waals surface area contributed by atoms with Gasteiger partial charge in [-0.15, -0.1) is 22.7 Å². The zero-order valence-electron chi connectivity index (χ0n) is 16.9. The first-order valence-corrected chi connectivity index (χ1v) is 11.6.